The van der Waals surface area contributed by atoms with Crippen molar-refractivity contribution < 1.29 is 14.3 Å². The number of halogens is 1. The van der Waals surface area contributed by atoms with E-state index in [0.29, 0.717) is 28.0 Å². The van der Waals surface area contributed by atoms with Gasteiger partial charge >= 0.3 is 0 Å². The number of rotatable bonds is 5. The molecule has 1 aliphatic rings. The molecule has 140 valence electrons. The van der Waals surface area contributed by atoms with Crippen LogP contribution in [0.25, 0.3) is 10.2 Å². The SMILES string of the molecule is COc1ccc(Cl)cc1C(=O)N(CC1CCCO1)c1nc2ccccc2s1. The minimum Gasteiger partial charge on any atom is -0.496 e. The van der Waals surface area contributed by atoms with E-state index in [0.717, 1.165) is 29.7 Å². The summed E-state index contributed by atoms with van der Waals surface area (Å²) in [7, 11) is 1.54. The summed E-state index contributed by atoms with van der Waals surface area (Å²) in [6, 6.07) is 12.9. The highest BCUT2D eigenvalue weighted by Gasteiger charge is 2.28. The van der Waals surface area contributed by atoms with Crippen LogP contribution in [0, 0.1) is 0 Å². The van der Waals surface area contributed by atoms with Crippen molar-refractivity contribution in [3.05, 3.63) is 53.1 Å². The molecule has 7 heteroatoms. The van der Waals surface area contributed by atoms with Gasteiger partial charge in [0.05, 0.1) is 35.5 Å². The largest absolute Gasteiger partial charge is 0.496 e. The number of carbonyl (C=O) groups excluding carboxylic acids is 1. The minimum absolute atomic E-state index is 0.00569. The van der Waals surface area contributed by atoms with Crippen molar-refractivity contribution >= 4 is 44.2 Å². The summed E-state index contributed by atoms with van der Waals surface area (Å²) in [5.41, 5.74) is 1.29. The molecule has 1 fully saturated rings. The van der Waals surface area contributed by atoms with Crippen molar-refractivity contribution in [2.24, 2.45) is 0 Å². The van der Waals surface area contributed by atoms with Crippen molar-refractivity contribution in [3.8, 4) is 5.75 Å². The number of hydrogen-bond donors (Lipinski definition) is 0. The summed E-state index contributed by atoms with van der Waals surface area (Å²) in [6.45, 7) is 1.18. The topological polar surface area (TPSA) is 51.7 Å². The van der Waals surface area contributed by atoms with E-state index in [-0.39, 0.29) is 12.0 Å². The maximum atomic E-state index is 13.4. The Morgan fingerprint density at radius 1 is 1.37 bits per heavy atom. The maximum absolute atomic E-state index is 13.4. The first-order valence-electron chi connectivity index (χ1n) is 8.78. The van der Waals surface area contributed by atoms with Crippen molar-refractivity contribution in [2.45, 2.75) is 18.9 Å². The third-order valence-electron chi connectivity index (χ3n) is 4.56. The van der Waals surface area contributed by atoms with E-state index in [4.69, 9.17) is 21.1 Å². The number of fused-ring (bicyclic) bond motifs is 1. The number of carbonyl (C=O) groups is 1. The molecule has 5 nitrogen and oxygen atoms in total. The van der Waals surface area contributed by atoms with Crippen LogP contribution in [0.5, 0.6) is 5.75 Å². The third-order valence-corrected chi connectivity index (χ3v) is 5.86. The summed E-state index contributed by atoms with van der Waals surface area (Å²) in [5.74, 6) is 0.298. The number of methoxy groups -OCH3 is 1. The van der Waals surface area contributed by atoms with Gasteiger partial charge in [0.15, 0.2) is 5.13 Å². The van der Waals surface area contributed by atoms with E-state index in [1.165, 1.54) is 11.3 Å². The Kier molecular flexibility index (Phi) is 5.29. The van der Waals surface area contributed by atoms with E-state index < -0.39 is 0 Å². The average Bonchev–Trinajstić information content (AvgIpc) is 3.34. The van der Waals surface area contributed by atoms with Crippen LogP contribution in [0.15, 0.2) is 42.5 Å². The molecule has 1 unspecified atom stereocenters. The Morgan fingerprint density at radius 3 is 2.96 bits per heavy atom. The predicted octanol–water partition coefficient (Wildman–Crippen LogP) is 4.78. The van der Waals surface area contributed by atoms with Gasteiger partial charge in [-0.25, -0.2) is 4.98 Å². The van der Waals surface area contributed by atoms with Gasteiger partial charge in [0, 0.05) is 11.6 Å². The van der Waals surface area contributed by atoms with Gasteiger partial charge in [0.25, 0.3) is 5.91 Å². The number of amides is 1. The van der Waals surface area contributed by atoms with Gasteiger partial charge in [-0.1, -0.05) is 35.1 Å². The van der Waals surface area contributed by atoms with Gasteiger partial charge in [-0.3, -0.25) is 9.69 Å². The number of benzene rings is 2. The first-order valence-corrected chi connectivity index (χ1v) is 9.98. The van der Waals surface area contributed by atoms with Crippen LogP contribution in [-0.4, -0.2) is 37.3 Å². The fraction of sp³-hybridized carbons (Fsp3) is 0.300. The van der Waals surface area contributed by atoms with Gasteiger partial charge < -0.3 is 9.47 Å². The smallest absolute Gasteiger partial charge is 0.263 e. The Morgan fingerprint density at radius 2 is 2.22 bits per heavy atom. The first-order chi connectivity index (χ1) is 13.2. The molecule has 1 aliphatic heterocycles. The number of hydrogen-bond acceptors (Lipinski definition) is 5. The highest BCUT2D eigenvalue weighted by Crippen LogP contribution is 2.32. The molecule has 1 atom stereocenters. The molecular formula is C20H19ClN2O3S. The standard InChI is InChI=1S/C20H19ClN2O3S/c1-25-17-9-8-13(21)11-15(17)19(24)23(12-14-5-4-10-26-14)20-22-16-6-2-3-7-18(16)27-20/h2-3,6-9,11,14H,4-5,10,12H2,1H3. The lowest BCUT2D eigenvalue weighted by atomic mass is 10.1. The molecule has 1 amide bonds. The molecule has 4 rings (SSSR count). The van der Waals surface area contributed by atoms with Crippen LogP contribution in [0.1, 0.15) is 23.2 Å². The summed E-state index contributed by atoms with van der Waals surface area (Å²) < 4.78 is 12.2. The zero-order chi connectivity index (χ0) is 18.8. The highest BCUT2D eigenvalue weighted by atomic mass is 35.5. The molecule has 0 bridgehead atoms. The van der Waals surface area contributed by atoms with Crippen LogP contribution in [-0.2, 0) is 4.74 Å². The second-order valence-electron chi connectivity index (χ2n) is 6.36. The number of para-hydroxylation sites is 1. The fourth-order valence-electron chi connectivity index (χ4n) is 3.21. The summed E-state index contributed by atoms with van der Waals surface area (Å²) in [5, 5.41) is 1.14. The lowest BCUT2D eigenvalue weighted by molar-refractivity contribution is 0.0915. The Labute approximate surface area is 166 Å². The quantitative estimate of drug-likeness (QED) is 0.616. The molecule has 2 aromatic carbocycles. The normalized spacial score (nSPS) is 16.6. The summed E-state index contributed by atoms with van der Waals surface area (Å²) >= 11 is 7.63. The van der Waals surface area contributed by atoms with Crippen LogP contribution in [0.3, 0.4) is 0 Å². The van der Waals surface area contributed by atoms with Crippen molar-refractivity contribution in [1.82, 2.24) is 4.98 Å². The predicted molar refractivity (Wildman–Crippen MR) is 108 cm³/mol. The number of anilines is 1. The van der Waals surface area contributed by atoms with Gasteiger partial charge in [-0.05, 0) is 43.2 Å². The summed E-state index contributed by atoms with van der Waals surface area (Å²) in [4.78, 5) is 19.8. The number of ether oxygens (including phenoxy) is 2. The molecule has 0 N–H and O–H groups in total. The Hall–Kier alpha value is -2.15. The van der Waals surface area contributed by atoms with E-state index >= 15 is 0 Å². The molecular weight excluding hydrogens is 384 g/mol. The molecule has 0 saturated carbocycles. The Bertz CT molecular complexity index is 936. The van der Waals surface area contributed by atoms with Gasteiger partial charge in [0.1, 0.15) is 5.75 Å². The molecule has 0 radical (unpaired) electrons. The van der Waals surface area contributed by atoms with Crippen LogP contribution >= 0.6 is 22.9 Å². The number of aromatic nitrogens is 1. The summed E-state index contributed by atoms with van der Waals surface area (Å²) in [6.07, 6.45) is 1.94. The van der Waals surface area contributed by atoms with E-state index in [9.17, 15) is 4.79 Å². The molecule has 1 saturated heterocycles. The molecule has 2 heterocycles. The van der Waals surface area contributed by atoms with Gasteiger partial charge in [-0.15, -0.1) is 0 Å². The van der Waals surface area contributed by atoms with Crippen LogP contribution in [0.4, 0.5) is 5.13 Å². The lowest BCUT2D eigenvalue weighted by Gasteiger charge is -2.24. The lowest BCUT2D eigenvalue weighted by Crippen LogP contribution is -2.37. The van der Waals surface area contributed by atoms with Gasteiger partial charge in [-0.2, -0.15) is 0 Å². The Balaban J connectivity index is 1.75. The van der Waals surface area contributed by atoms with E-state index in [1.54, 1.807) is 30.2 Å². The fourth-order valence-corrected chi connectivity index (χ4v) is 4.35. The zero-order valence-corrected chi connectivity index (χ0v) is 16.4. The van der Waals surface area contributed by atoms with Crippen molar-refractivity contribution in [3.63, 3.8) is 0 Å². The monoisotopic (exact) mass is 402 g/mol. The van der Waals surface area contributed by atoms with E-state index in [1.807, 2.05) is 24.3 Å². The third kappa shape index (κ3) is 3.78. The molecule has 0 aliphatic carbocycles. The minimum atomic E-state index is -0.191. The van der Waals surface area contributed by atoms with Crippen LogP contribution < -0.4 is 9.64 Å². The average molecular weight is 403 g/mol. The molecule has 1 aromatic heterocycles. The van der Waals surface area contributed by atoms with Gasteiger partial charge in [0.2, 0.25) is 0 Å². The van der Waals surface area contributed by atoms with Crippen molar-refractivity contribution in [2.75, 3.05) is 25.2 Å². The van der Waals surface area contributed by atoms with Crippen molar-refractivity contribution in [1.29, 1.82) is 0 Å². The maximum Gasteiger partial charge on any atom is 0.263 e. The molecule has 0 spiro atoms. The molecule has 27 heavy (non-hydrogen) atoms. The first kappa shape index (κ1) is 18.2. The van der Waals surface area contributed by atoms with Crippen LogP contribution in [0.2, 0.25) is 5.02 Å². The number of nitrogens with zero attached hydrogens (tertiary/aromatic N) is 2. The zero-order valence-electron chi connectivity index (χ0n) is 14.9. The van der Waals surface area contributed by atoms with E-state index in [2.05, 4.69) is 4.98 Å². The second kappa shape index (κ2) is 7.84. The highest BCUT2D eigenvalue weighted by molar-refractivity contribution is 7.22. The number of thiazole rings is 1. The molecule has 3 aromatic rings. The second-order valence-corrected chi connectivity index (χ2v) is 7.81.